The molecule has 0 atom stereocenters. The van der Waals surface area contributed by atoms with Gasteiger partial charge in [0.25, 0.3) is 5.91 Å². The number of rotatable bonds is 7. The molecule has 5 rings (SSSR count). The number of hydrogen-bond donors (Lipinski definition) is 2. The lowest BCUT2D eigenvalue weighted by atomic mass is 10.1. The maximum absolute atomic E-state index is 12.9. The van der Waals surface area contributed by atoms with Crippen molar-refractivity contribution >= 4 is 23.1 Å². The number of benzene rings is 2. The van der Waals surface area contributed by atoms with Crippen LogP contribution in [0.4, 0.5) is 17.2 Å². The first-order chi connectivity index (χ1) is 17.5. The molecular weight excluding hydrogens is 450 g/mol. The molecule has 2 N–H and O–H groups in total. The van der Waals surface area contributed by atoms with E-state index in [9.17, 15) is 4.79 Å². The van der Waals surface area contributed by atoms with Gasteiger partial charge in [-0.1, -0.05) is 18.2 Å². The number of pyridine rings is 1. The van der Waals surface area contributed by atoms with Crippen molar-refractivity contribution in [2.45, 2.75) is 13.5 Å². The summed E-state index contributed by atoms with van der Waals surface area (Å²) in [5, 5.41) is 11.0. The van der Waals surface area contributed by atoms with E-state index >= 15 is 0 Å². The third-order valence-electron chi connectivity index (χ3n) is 6.48. The number of hydrogen-bond acceptors (Lipinski definition) is 6. The fourth-order valence-corrected chi connectivity index (χ4v) is 4.23. The Hall–Kier alpha value is -4.01. The minimum absolute atomic E-state index is 0.128. The summed E-state index contributed by atoms with van der Waals surface area (Å²) in [4.78, 5) is 21.8. The lowest BCUT2D eigenvalue weighted by molar-refractivity contribution is 0.102. The van der Waals surface area contributed by atoms with Gasteiger partial charge in [0.2, 0.25) is 0 Å². The zero-order valence-electron chi connectivity index (χ0n) is 20.7. The van der Waals surface area contributed by atoms with Gasteiger partial charge in [0.1, 0.15) is 0 Å². The average molecular weight is 482 g/mol. The van der Waals surface area contributed by atoms with Crippen molar-refractivity contribution in [1.29, 1.82) is 0 Å². The SMILES string of the molecule is Cc1ccc(NC(=O)c2ccc(CN3CCN(C)CC3)cc2)cc1Nc1ccn(-c2cccnc2)n1. The Morgan fingerprint density at radius 1 is 1.00 bits per heavy atom. The highest BCUT2D eigenvalue weighted by molar-refractivity contribution is 6.04. The first-order valence-electron chi connectivity index (χ1n) is 12.2. The molecule has 0 aliphatic carbocycles. The van der Waals surface area contributed by atoms with Crippen molar-refractivity contribution in [3.05, 3.63) is 95.9 Å². The summed E-state index contributed by atoms with van der Waals surface area (Å²) < 4.78 is 1.77. The van der Waals surface area contributed by atoms with Crippen LogP contribution in [-0.2, 0) is 6.54 Å². The Bertz CT molecular complexity index is 1310. The average Bonchev–Trinajstić information content (AvgIpc) is 3.37. The van der Waals surface area contributed by atoms with Crippen LogP contribution in [0.25, 0.3) is 5.69 Å². The molecule has 0 unspecified atom stereocenters. The Morgan fingerprint density at radius 2 is 1.81 bits per heavy atom. The zero-order valence-corrected chi connectivity index (χ0v) is 20.7. The van der Waals surface area contributed by atoms with Crippen molar-refractivity contribution in [1.82, 2.24) is 24.6 Å². The minimum Gasteiger partial charge on any atom is -0.338 e. The molecule has 184 valence electrons. The Morgan fingerprint density at radius 3 is 2.56 bits per heavy atom. The van der Waals surface area contributed by atoms with E-state index in [1.165, 1.54) is 5.56 Å². The number of anilines is 3. The number of aromatic nitrogens is 3. The summed E-state index contributed by atoms with van der Waals surface area (Å²) in [6.45, 7) is 7.28. The van der Waals surface area contributed by atoms with Crippen molar-refractivity contribution in [3.63, 3.8) is 0 Å². The van der Waals surface area contributed by atoms with E-state index in [0.29, 0.717) is 11.4 Å². The molecule has 1 amide bonds. The van der Waals surface area contributed by atoms with Gasteiger partial charge < -0.3 is 15.5 Å². The molecule has 2 aromatic carbocycles. The third kappa shape index (κ3) is 5.79. The van der Waals surface area contributed by atoms with Gasteiger partial charge in [0.15, 0.2) is 5.82 Å². The molecule has 0 spiro atoms. The molecule has 4 aromatic rings. The number of carbonyl (C=O) groups excluding carboxylic acids is 1. The second-order valence-electron chi connectivity index (χ2n) is 9.24. The van der Waals surface area contributed by atoms with Crippen molar-refractivity contribution < 1.29 is 4.79 Å². The van der Waals surface area contributed by atoms with Crippen molar-refractivity contribution in [2.75, 3.05) is 43.9 Å². The summed E-state index contributed by atoms with van der Waals surface area (Å²) in [7, 11) is 2.16. The van der Waals surface area contributed by atoms with E-state index < -0.39 is 0 Å². The molecule has 1 saturated heterocycles. The monoisotopic (exact) mass is 481 g/mol. The summed E-state index contributed by atoms with van der Waals surface area (Å²) in [6.07, 6.45) is 5.38. The fraction of sp³-hybridized carbons (Fsp3) is 0.250. The molecule has 0 radical (unpaired) electrons. The number of nitrogens with zero attached hydrogens (tertiary/aromatic N) is 5. The first kappa shape index (κ1) is 23.7. The number of carbonyl (C=O) groups is 1. The first-order valence-corrected chi connectivity index (χ1v) is 12.2. The highest BCUT2D eigenvalue weighted by Gasteiger charge is 2.14. The van der Waals surface area contributed by atoms with Crippen molar-refractivity contribution in [2.24, 2.45) is 0 Å². The van der Waals surface area contributed by atoms with E-state index in [-0.39, 0.29) is 5.91 Å². The number of likely N-dealkylation sites (N-methyl/N-ethyl adjacent to an activating group) is 1. The van der Waals surface area contributed by atoms with E-state index in [4.69, 9.17) is 0 Å². The molecule has 0 bridgehead atoms. The van der Waals surface area contributed by atoms with Gasteiger partial charge in [0, 0.05) is 68.1 Å². The van der Waals surface area contributed by atoms with Gasteiger partial charge in [-0.3, -0.25) is 14.7 Å². The Balaban J connectivity index is 1.22. The van der Waals surface area contributed by atoms with Gasteiger partial charge in [-0.05, 0) is 61.5 Å². The van der Waals surface area contributed by atoms with Crippen LogP contribution in [0.1, 0.15) is 21.5 Å². The predicted octanol–water partition coefficient (Wildman–Crippen LogP) is 4.32. The highest BCUT2D eigenvalue weighted by Crippen LogP contribution is 2.24. The highest BCUT2D eigenvalue weighted by atomic mass is 16.1. The lowest BCUT2D eigenvalue weighted by Crippen LogP contribution is -2.43. The summed E-state index contributed by atoms with van der Waals surface area (Å²) in [5.41, 5.74) is 5.41. The topological polar surface area (TPSA) is 78.3 Å². The standard InChI is InChI=1S/C28H31N7O/c1-21-5-10-24(18-26(21)31-27-11-13-35(32-27)25-4-3-12-29-19-25)30-28(36)23-8-6-22(7-9-23)20-34-16-14-33(2)15-17-34/h3-13,18-19H,14-17,20H2,1-2H3,(H,30,36)(H,31,32). The zero-order chi connectivity index (χ0) is 24.9. The van der Waals surface area contributed by atoms with Crippen molar-refractivity contribution in [3.8, 4) is 5.69 Å². The van der Waals surface area contributed by atoms with Gasteiger partial charge in [-0.25, -0.2) is 4.68 Å². The molecule has 3 heterocycles. The van der Waals surface area contributed by atoms with Crippen LogP contribution in [0, 0.1) is 6.92 Å². The third-order valence-corrected chi connectivity index (χ3v) is 6.48. The molecule has 8 heteroatoms. The lowest BCUT2D eigenvalue weighted by Gasteiger charge is -2.32. The van der Waals surface area contributed by atoms with Gasteiger partial charge >= 0.3 is 0 Å². The number of piperazine rings is 1. The van der Waals surface area contributed by atoms with Crippen LogP contribution >= 0.6 is 0 Å². The van der Waals surface area contributed by atoms with Crippen LogP contribution < -0.4 is 10.6 Å². The van der Waals surface area contributed by atoms with Crippen LogP contribution in [0.5, 0.6) is 0 Å². The summed E-state index contributed by atoms with van der Waals surface area (Å²) >= 11 is 0. The summed E-state index contributed by atoms with van der Waals surface area (Å²) in [5.74, 6) is 0.582. The smallest absolute Gasteiger partial charge is 0.255 e. The largest absolute Gasteiger partial charge is 0.338 e. The number of aryl methyl sites for hydroxylation is 1. The number of nitrogens with one attached hydrogen (secondary N) is 2. The molecule has 1 aliphatic heterocycles. The maximum Gasteiger partial charge on any atom is 0.255 e. The molecule has 0 saturated carbocycles. The predicted molar refractivity (Wildman–Crippen MR) is 143 cm³/mol. The van der Waals surface area contributed by atoms with Crippen LogP contribution in [0.3, 0.4) is 0 Å². The van der Waals surface area contributed by atoms with E-state index in [1.54, 1.807) is 17.1 Å². The quantitative estimate of drug-likeness (QED) is 0.409. The number of amides is 1. The van der Waals surface area contributed by atoms with Gasteiger partial charge in [-0.15, -0.1) is 0 Å². The normalized spacial score (nSPS) is 14.5. The maximum atomic E-state index is 12.9. The van der Waals surface area contributed by atoms with Gasteiger partial charge in [0.05, 0.1) is 11.9 Å². The Kier molecular flexibility index (Phi) is 7.06. The van der Waals surface area contributed by atoms with Crippen LogP contribution in [-0.4, -0.2) is 63.7 Å². The molecular formula is C28H31N7O. The fourth-order valence-electron chi connectivity index (χ4n) is 4.23. The van der Waals surface area contributed by atoms with E-state index in [2.05, 4.69) is 37.6 Å². The Labute approximate surface area is 211 Å². The minimum atomic E-state index is -0.128. The van der Waals surface area contributed by atoms with E-state index in [0.717, 1.165) is 55.3 Å². The molecule has 8 nitrogen and oxygen atoms in total. The van der Waals surface area contributed by atoms with Crippen LogP contribution in [0.2, 0.25) is 0 Å². The van der Waals surface area contributed by atoms with Gasteiger partial charge in [-0.2, -0.15) is 5.10 Å². The second kappa shape index (κ2) is 10.7. The molecule has 1 fully saturated rings. The van der Waals surface area contributed by atoms with E-state index in [1.807, 2.05) is 73.8 Å². The summed E-state index contributed by atoms with van der Waals surface area (Å²) in [6, 6.07) is 19.5. The molecule has 2 aromatic heterocycles. The molecule has 36 heavy (non-hydrogen) atoms. The van der Waals surface area contributed by atoms with Crippen LogP contribution in [0.15, 0.2) is 79.3 Å². The molecule has 1 aliphatic rings. The second-order valence-corrected chi connectivity index (χ2v) is 9.24.